The summed E-state index contributed by atoms with van der Waals surface area (Å²) in [7, 11) is 0. The number of hydrogen-bond donors (Lipinski definition) is 2. The SMILES string of the molecule is NC(=O)c1[c-][nH]cc1. The normalized spacial score (nSPS) is 9.00. The molecule has 0 saturated carbocycles. The van der Waals surface area contributed by atoms with Gasteiger partial charge in [0.1, 0.15) is 0 Å². The molecule has 0 unspecified atom stereocenters. The van der Waals surface area contributed by atoms with E-state index in [4.69, 9.17) is 5.73 Å². The van der Waals surface area contributed by atoms with Crippen molar-refractivity contribution in [2.24, 2.45) is 5.73 Å². The van der Waals surface area contributed by atoms with Crippen LogP contribution >= 0.6 is 0 Å². The van der Waals surface area contributed by atoms with Crippen LogP contribution in [0.4, 0.5) is 0 Å². The van der Waals surface area contributed by atoms with E-state index >= 15 is 0 Å². The highest BCUT2D eigenvalue weighted by atomic mass is 16.1. The van der Waals surface area contributed by atoms with Crippen molar-refractivity contribution in [1.82, 2.24) is 4.98 Å². The second-order valence-corrected chi connectivity index (χ2v) is 1.38. The Labute approximate surface area is 46.5 Å². The summed E-state index contributed by atoms with van der Waals surface area (Å²) < 4.78 is 0. The van der Waals surface area contributed by atoms with E-state index in [0.717, 1.165) is 0 Å². The van der Waals surface area contributed by atoms with Gasteiger partial charge in [-0.05, 0) is 0 Å². The van der Waals surface area contributed by atoms with E-state index in [1.807, 2.05) is 0 Å². The minimum atomic E-state index is -0.453. The molecule has 0 atom stereocenters. The molecule has 0 aliphatic carbocycles. The molecule has 3 nitrogen and oxygen atoms in total. The standard InChI is InChI=1S/C5H5N2O/c6-5(8)4-1-2-7-3-4/h1-2,7H,(H2,6,8)/q-1. The molecular formula is C5H5N2O-. The van der Waals surface area contributed by atoms with Crippen LogP contribution in [0.3, 0.4) is 0 Å². The number of aromatic amines is 1. The molecule has 0 fully saturated rings. The number of nitrogens with two attached hydrogens (primary N) is 1. The summed E-state index contributed by atoms with van der Waals surface area (Å²) in [6.45, 7) is 0. The number of rotatable bonds is 1. The fraction of sp³-hybridized carbons (Fsp3) is 0. The molecular weight excluding hydrogens is 104 g/mol. The molecule has 1 heterocycles. The van der Waals surface area contributed by atoms with Gasteiger partial charge in [0.2, 0.25) is 0 Å². The van der Waals surface area contributed by atoms with Crippen LogP contribution in [0.2, 0.25) is 0 Å². The van der Waals surface area contributed by atoms with Crippen LogP contribution in [0.25, 0.3) is 0 Å². The molecule has 3 heteroatoms. The molecule has 8 heavy (non-hydrogen) atoms. The average Bonchev–Trinajstić information content (AvgIpc) is 2.12. The molecule has 0 aliphatic heterocycles. The molecule has 0 bridgehead atoms. The fourth-order valence-electron chi connectivity index (χ4n) is 0.430. The van der Waals surface area contributed by atoms with Crippen molar-refractivity contribution in [3.05, 3.63) is 24.0 Å². The van der Waals surface area contributed by atoms with Gasteiger partial charge in [-0.15, -0.1) is 6.20 Å². The number of nitrogens with one attached hydrogen (secondary N) is 1. The zero-order chi connectivity index (χ0) is 5.98. The van der Waals surface area contributed by atoms with Crippen LogP contribution in [0, 0.1) is 6.20 Å². The number of H-pyrrole nitrogens is 1. The summed E-state index contributed by atoms with van der Waals surface area (Å²) in [6, 6.07) is 1.57. The lowest BCUT2D eigenvalue weighted by Gasteiger charge is -1.89. The van der Waals surface area contributed by atoms with E-state index in [1.165, 1.54) is 0 Å². The van der Waals surface area contributed by atoms with Crippen LogP contribution in [0.1, 0.15) is 10.4 Å². The predicted octanol–water partition coefficient (Wildman–Crippen LogP) is -0.0862. The smallest absolute Gasteiger partial charge is 0.163 e. The summed E-state index contributed by atoms with van der Waals surface area (Å²) in [5.74, 6) is -0.453. The molecule has 42 valence electrons. The third-order valence-corrected chi connectivity index (χ3v) is 0.806. The van der Waals surface area contributed by atoms with Crippen molar-refractivity contribution in [2.75, 3.05) is 0 Å². The Hall–Kier alpha value is -1.25. The summed E-state index contributed by atoms with van der Waals surface area (Å²) in [6.07, 6.45) is 4.13. The number of primary amides is 1. The minimum absolute atomic E-state index is 0.394. The molecule has 0 spiro atoms. The molecule has 0 aliphatic rings. The van der Waals surface area contributed by atoms with Crippen molar-refractivity contribution in [3.8, 4) is 0 Å². The van der Waals surface area contributed by atoms with Gasteiger partial charge in [-0.3, -0.25) is 0 Å². The summed E-state index contributed by atoms with van der Waals surface area (Å²) >= 11 is 0. The highest BCUT2D eigenvalue weighted by Gasteiger charge is 1.85. The van der Waals surface area contributed by atoms with Crippen LogP contribution in [-0.4, -0.2) is 10.9 Å². The van der Waals surface area contributed by atoms with E-state index in [2.05, 4.69) is 11.2 Å². The van der Waals surface area contributed by atoms with Crippen LogP contribution in [0.15, 0.2) is 12.3 Å². The quantitative estimate of drug-likeness (QED) is 0.486. The Bertz CT molecular complexity index is 178. The molecule has 3 N–H and O–H groups in total. The van der Waals surface area contributed by atoms with E-state index in [1.54, 1.807) is 12.3 Å². The van der Waals surface area contributed by atoms with Crippen molar-refractivity contribution in [3.63, 3.8) is 0 Å². The lowest BCUT2D eigenvalue weighted by Crippen LogP contribution is -2.09. The topological polar surface area (TPSA) is 58.9 Å². The molecule has 0 radical (unpaired) electrons. The van der Waals surface area contributed by atoms with Gasteiger partial charge in [0, 0.05) is 0 Å². The van der Waals surface area contributed by atoms with E-state index in [-0.39, 0.29) is 0 Å². The number of aromatic nitrogens is 1. The zero-order valence-electron chi connectivity index (χ0n) is 4.14. The lowest BCUT2D eigenvalue weighted by atomic mass is 10.3. The van der Waals surface area contributed by atoms with Gasteiger partial charge in [0.25, 0.3) is 0 Å². The Morgan fingerprint density at radius 1 is 1.88 bits per heavy atom. The third-order valence-electron chi connectivity index (χ3n) is 0.806. The largest absolute Gasteiger partial charge is 0.453 e. The molecule has 1 rings (SSSR count). The highest BCUT2D eigenvalue weighted by molar-refractivity contribution is 5.92. The molecule has 1 aromatic rings. The average molecular weight is 109 g/mol. The number of amides is 1. The number of carbonyl (C=O) groups is 1. The molecule has 1 amide bonds. The fourth-order valence-corrected chi connectivity index (χ4v) is 0.430. The first kappa shape index (κ1) is 4.90. The van der Waals surface area contributed by atoms with Gasteiger partial charge in [-0.1, -0.05) is 11.8 Å². The van der Waals surface area contributed by atoms with E-state index in [9.17, 15) is 4.79 Å². The van der Waals surface area contributed by atoms with E-state index in [0.29, 0.717) is 5.56 Å². The van der Waals surface area contributed by atoms with Gasteiger partial charge in [-0.25, -0.2) is 0 Å². The molecule has 0 aromatic carbocycles. The van der Waals surface area contributed by atoms with Crippen LogP contribution in [-0.2, 0) is 0 Å². The summed E-state index contributed by atoms with van der Waals surface area (Å²) in [5, 5.41) is 0. The Morgan fingerprint density at radius 2 is 2.62 bits per heavy atom. The Morgan fingerprint density at radius 3 is 2.88 bits per heavy atom. The maximum atomic E-state index is 10.2. The van der Waals surface area contributed by atoms with E-state index < -0.39 is 5.91 Å². The maximum Gasteiger partial charge on any atom is 0.163 e. The Balaban J connectivity index is 2.93. The van der Waals surface area contributed by atoms with Crippen molar-refractivity contribution in [2.45, 2.75) is 0 Å². The first-order valence-corrected chi connectivity index (χ1v) is 2.15. The van der Waals surface area contributed by atoms with Gasteiger partial charge < -0.3 is 15.5 Å². The summed E-state index contributed by atoms with van der Waals surface area (Å²) in [4.78, 5) is 12.8. The Kier molecular flexibility index (Phi) is 1.04. The van der Waals surface area contributed by atoms with Crippen molar-refractivity contribution >= 4 is 5.91 Å². The van der Waals surface area contributed by atoms with Crippen molar-refractivity contribution < 1.29 is 4.79 Å². The van der Waals surface area contributed by atoms with Crippen molar-refractivity contribution in [1.29, 1.82) is 0 Å². The van der Waals surface area contributed by atoms with Gasteiger partial charge >= 0.3 is 0 Å². The van der Waals surface area contributed by atoms with Gasteiger partial charge in [-0.2, -0.15) is 6.07 Å². The number of carbonyl (C=O) groups excluding carboxylic acids is 1. The third kappa shape index (κ3) is 0.703. The minimum Gasteiger partial charge on any atom is -0.453 e. The first-order chi connectivity index (χ1) is 3.80. The summed E-state index contributed by atoms with van der Waals surface area (Å²) in [5.41, 5.74) is 5.26. The second-order valence-electron chi connectivity index (χ2n) is 1.38. The lowest BCUT2D eigenvalue weighted by molar-refractivity contribution is 0.1000. The second kappa shape index (κ2) is 1.69. The van der Waals surface area contributed by atoms with Gasteiger partial charge in [0.15, 0.2) is 5.91 Å². The van der Waals surface area contributed by atoms with Crippen LogP contribution < -0.4 is 5.73 Å². The zero-order valence-corrected chi connectivity index (χ0v) is 4.14. The predicted molar refractivity (Wildman–Crippen MR) is 28.1 cm³/mol. The first-order valence-electron chi connectivity index (χ1n) is 2.15. The number of hydrogen-bond acceptors (Lipinski definition) is 1. The molecule has 0 saturated heterocycles. The van der Waals surface area contributed by atoms with Crippen LogP contribution in [0.5, 0.6) is 0 Å². The van der Waals surface area contributed by atoms with Gasteiger partial charge in [0.05, 0.1) is 0 Å². The molecule has 1 aromatic heterocycles. The highest BCUT2D eigenvalue weighted by Crippen LogP contribution is 1.90. The monoisotopic (exact) mass is 109 g/mol. The maximum absolute atomic E-state index is 10.2.